The second-order valence-corrected chi connectivity index (χ2v) is 5.91. The molecular formula is C21H21N3O2. The lowest BCUT2D eigenvalue weighted by molar-refractivity contribution is -0.116. The van der Waals surface area contributed by atoms with E-state index in [-0.39, 0.29) is 5.91 Å². The van der Waals surface area contributed by atoms with Gasteiger partial charge in [-0.05, 0) is 54.8 Å². The van der Waals surface area contributed by atoms with Crippen LogP contribution in [0.3, 0.4) is 0 Å². The Hall–Kier alpha value is -3.34. The predicted octanol–water partition coefficient (Wildman–Crippen LogP) is 4.28. The summed E-state index contributed by atoms with van der Waals surface area (Å²) in [6.45, 7) is 0. The fourth-order valence-electron chi connectivity index (χ4n) is 2.55. The highest BCUT2D eigenvalue weighted by molar-refractivity contribution is 5.96. The molecule has 0 saturated heterocycles. The summed E-state index contributed by atoms with van der Waals surface area (Å²) in [5.41, 5.74) is 8.65. The number of amidine groups is 1. The van der Waals surface area contributed by atoms with Crippen LogP contribution in [0.4, 0.5) is 11.4 Å². The molecule has 26 heavy (non-hydrogen) atoms. The number of furan rings is 1. The van der Waals surface area contributed by atoms with Gasteiger partial charge in [-0.3, -0.25) is 4.79 Å². The van der Waals surface area contributed by atoms with Gasteiger partial charge in [0.15, 0.2) is 11.6 Å². The molecular weight excluding hydrogens is 326 g/mol. The Balaban J connectivity index is 1.47. The van der Waals surface area contributed by atoms with Crippen molar-refractivity contribution in [1.29, 1.82) is 0 Å². The number of nitrogens with two attached hydrogens (primary N) is 1. The maximum absolute atomic E-state index is 11.9. The van der Waals surface area contributed by atoms with E-state index in [0.29, 0.717) is 18.0 Å². The normalized spacial score (nSPS) is 11.3. The first-order chi connectivity index (χ1) is 12.7. The molecule has 2 aromatic carbocycles. The first kappa shape index (κ1) is 17.5. The van der Waals surface area contributed by atoms with E-state index >= 15 is 0 Å². The van der Waals surface area contributed by atoms with Gasteiger partial charge in [0.25, 0.3) is 0 Å². The van der Waals surface area contributed by atoms with E-state index in [0.717, 1.165) is 29.8 Å². The number of hydrogen-bond acceptors (Lipinski definition) is 3. The van der Waals surface area contributed by atoms with Crippen molar-refractivity contribution < 1.29 is 9.21 Å². The van der Waals surface area contributed by atoms with Gasteiger partial charge in [0.05, 0.1) is 12.0 Å². The minimum atomic E-state index is 0.0311. The molecule has 0 fully saturated rings. The predicted molar refractivity (Wildman–Crippen MR) is 104 cm³/mol. The van der Waals surface area contributed by atoms with Crippen molar-refractivity contribution in [2.75, 3.05) is 5.32 Å². The summed E-state index contributed by atoms with van der Waals surface area (Å²) in [5.74, 6) is 0.933. The molecule has 0 saturated carbocycles. The summed E-state index contributed by atoms with van der Waals surface area (Å²) in [5, 5.41) is 2.89. The van der Waals surface area contributed by atoms with Crippen molar-refractivity contribution in [3.05, 3.63) is 84.3 Å². The van der Waals surface area contributed by atoms with Crippen molar-refractivity contribution in [2.45, 2.75) is 19.3 Å². The topological polar surface area (TPSA) is 80.6 Å². The van der Waals surface area contributed by atoms with Gasteiger partial charge in [0.2, 0.25) is 5.91 Å². The number of benzene rings is 2. The molecule has 1 heterocycles. The number of para-hydroxylation sites is 1. The zero-order chi connectivity index (χ0) is 18.2. The summed E-state index contributed by atoms with van der Waals surface area (Å²) in [7, 11) is 0. The van der Waals surface area contributed by atoms with Crippen LogP contribution in [0.15, 0.2) is 82.4 Å². The summed E-state index contributed by atoms with van der Waals surface area (Å²) < 4.78 is 5.22. The number of hydrogen-bond donors (Lipinski definition) is 2. The molecule has 3 rings (SSSR count). The van der Waals surface area contributed by atoms with Gasteiger partial charge in [-0.1, -0.05) is 30.3 Å². The van der Waals surface area contributed by atoms with E-state index in [1.165, 1.54) is 0 Å². The van der Waals surface area contributed by atoms with Crippen molar-refractivity contribution in [3.63, 3.8) is 0 Å². The Morgan fingerprint density at radius 2 is 1.77 bits per heavy atom. The molecule has 0 aliphatic carbocycles. The molecule has 0 bridgehead atoms. The highest BCUT2D eigenvalue weighted by Gasteiger charge is 2.04. The quantitative estimate of drug-likeness (QED) is 0.494. The van der Waals surface area contributed by atoms with Gasteiger partial charge in [-0.2, -0.15) is 0 Å². The molecule has 5 heteroatoms. The molecule has 5 nitrogen and oxygen atoms in total. The monoisotopic (exact) mass is 347 g/mol. The van der Waals surface area contributed by atoms with Crippen LogP contribution in [-0.4, -0.2) is 11.7 Å². The number of aliphatic imine (C=N–C) groups is 1. The Bertz CT molecular complexity index is 854. The highest BCUT2D eigenvalue weighted by atomic mass is 16.3. The number of aryl methyl sites for hydroxylation is 1. The van der Waals surface area contributed by atoms with Gasteiger partial charge in [-0.15, -0.1) is 0 Å². The third kappa shape index (κ3) is 5.08. The number of amides is 1. The van der Waals surface area contributed by atoms with Crippen LogP contribution in [0.25, 0.3) is 0 Å². The van der Waals surface area contributed by atoms with Crippen molar-refractivity contribution >= 4 is 23.1 Å². The third-order valence-corrected chi connectivity index (χ3v) is 3.89. The van der Waals surface area contributed by atoms with Crippen LogP contribution >= 0.6 is 0 Å². The van der Waals surface area contributed by atoms with Gasteiger partial charge >= 0.3 is 0 Å². The van der Waals surface area contributed by atoms with E-state index in [4.69, 9.17) is 10.2 Å². The smallest absolute Gasteiger partial charge is 0.224 e. The number of nitrogens with zero attached hydrogens (tertiary/aromatic N) is 1. The van der Waals surface area contributed by atoms with Crippen LogP contribution in [0.2, 0.25) is 0 Å². The largest absolute Gasteiger partial charge is 0.461 e. The number of carbonyl (C=O) groups excluding carboxylic acids is 1. The number of carbonyl (C=O) groups is 1. The standard InChI is InChI=1S/C21H21N3O2/c22-21(19-9-5-15-26-19)24-18-13-11-16(12-14-18)6-4-10-20(25)23-17-7-2-1-3-8-17/h1-3,5,7-9,11-15H,4,6,10H2,(H2,22,24)(H,23,25). The van der Waals surface area contributed by atoms with Gasteiger partial charge in [0, 0.05) is 12.1 Å². The minimum Gasteiger partial charge on any atom is -0.461 e. The van der Waals surface area contributed by atoms with Gasteiger partial charge < -0.3 is 15.5 Å². The first-order valence-corrected chi connectivity index (χ1v) is 8.52. The van der Waals surface area contributed by atoms with Crippen molar-refractivity contribution in [1.82, 2.24) is 0 Å². The number of anilines is 1. The van der Waals surface area contributed by atoms with Crippen LogP contribution < -0.4 is 11.1 Å². The van der Waals surface area contributed by atoms with Crippen molar-refractivity contribution in [3.8, 4) is 0 Å². The van der Waals surface area contributed by atoms with Crippen LogP contribution in [0, 0.1) is 0 Å². The summed E-state index contributed by atoms with van der Waals surface area (Å²) >= 11 is 0. The number of rotatable bonds is 7. The summed E-state index contributed by atoms with van der Waals surface area (Å²) in [4.78, 5) is 16.3. The molecule has 0 aliphatic heterocycles. The summed E-state index contributed by atoms with van der Waals surface area (Å²) in [6, 6.07) is 20.9. The average molecular weight is 347 g/mol. The first-order valence-electron chi connectivity index (χ1n) is 8.52. The van der Waals surface area contributed by atoms with Gasteiger partial charge in [0.1, 0.15) is 0 Å². The third-order valence-electron chi connectivity index (χ3n) is 3.89. The molecule has 0 unspecified atom stereocenters. The fourth-order valence-corrected chi connectivity index (χ4v) is 2.55. The second-order valence-electron chi connectivity index (χ2n) is 5.91. The maximum atomic E-state index is 11.9. The Morgan fingerprint density at radius 1 is 1.00 bits per heavy atom. The Morgan fingerprint density at radius 3 is 2.46 bits per heavy atom. The molecule has 3 N–H and O–H groups in total. The fraction of sp³-hybridized carbons (Fsp3) is 0.143. The minimum absolute atomic E-state index is 0.0311. The highest BCUT2D eigenvalue weighted by Crippen LogP contribution is 2.16. The maximum Gasteiger partial charge on any atom is 0.224 e. The molecule has 1 amide bonds. The van der Waals surface area contributed by atoms with E-state index < -0.39 is 0 Å². The zero-order valence-corrected chi connectivity index (χ0v) is 14.4. The Labute approximate surface area is 152 Å². The average Bonchev–Trinajstić information content (AvgIpc) is 3.19. The molecule has 0 atom stereocenters. The molecule has 0 aliphatic rings. The molecule has 0 radical (unpaired) electrons. The van der Waals surface area contributed by atoms with E-state index in [1.807, 2.05) is 54.6 Å². The molecule has 0 spiro atoms. The van der Waals surface area contributed by atoms with Gasteiger partial charge in [-0.25, -0.2) is 4.99 Å². The molecule has 3 aromatic rings. The lowest BCUT2D eigenvalue weighted by atomic mass is 10.1. The number of nitrogens with one attached hydrogen (secondary N) is 1. The lowest BCUT2D eigenvalue weighted by Crippen LogP contribution is -2.11. The Kier molecular flexibility index (Phi) is 5.83. The van der Waals surface area contributed by atoms with Crippen LogP contribution in [-0.2, 0) is 11.2 Å². The van der Waals surface area contributed by atoms with Crippen LogP contribution in [0.1, 0.15) is 24.2 Å². The van der Waals surface area contributed by atoms with Crippen LogP contribution in [0.5, 0.6) is 0 Å². The summed E-state index contributed by atoms with van der Waals surface area (Å²) in [6.07, 6.45) is 3.67. The van der Waals surface area contributed by atoms with E-state index in [2.05, 4.69) is 10.3 Å². The van der Waals surface area contributed by atoms with Crippen molar-refractivity contribution in [2.24, 2.45) is 10.7 Å². The van der Waals surface area contributed by atoms with E-state index in [9.17, 15) is 4.79 Å². The second kappa shape index (κ2) is 8.67. The van der Waals surface area contributed by atoms with E-state index in [1.54, 1.807) is 18.4 Å². The molecule has 132 valence electrons. The SMILES string of the molecule is NC(=Nc1ccc(CCCC(=O)Nc2ccccc2)cc1)c1ccco1. The zero-order valence-electron chi connectivity index (χ0n) is 14.4. The lowest BCUT2D eigenvalue weighted by Gasteiger charge is -2.05. The molecule has 1 aromatic heterocycles.